The van der Waals surface area contributed by atoms with Gasteiger partial charge in [-0.25, -0.2) is 0 Å². The lowest BCUT2D eigenvalue weighted by Gasteiger charge is -2.32. The van der Waals surface area contributed by atoms with E-state index in [-0.39, 0.29) is 6.04 Å². The maximum absolute atomic E-state index is 6.32. The van der Waals surface area contributed by atoms with Crippen molar-refractivity contribution in [1.82, 2.24) is 0 Å². The minimum absolute atomic E-state index is 0.0170. The standard InChI is InChI=1S/C14H18ClNO2/c15-11-8-13-12(17-5-2-6-18-13)7-10(11)14(16)9-3-1-4-9/h7-9,14H,1-6,16H2. The molecule has 2 aliphatic rings. The van der Waals surface area contributed by atoms with E-state index in [2.05, 4.69) is 0 Å². The highest BCUT2D eigenvalue weighted by atomic mass is 35.5. The van der Waals surface area contributed by atoms with Gasteiger partial charge >= 0.3 is 0 Å². The summed E-state index contributed by atoms with van der Waals surface area (Å²) < 4.78 is 11.3. The molecule has 0 aromatic heterocycles. The van der Waals surface area contributed by atoms with E-state index in [1.165, 1.54) is 19.3 Å². The Bertz CT molecular complexity index is 446. The van der Waals surface area contributed by atoms with Crippen molar-refractivity contribution in [1.29, 1.82) is 0 Å². The van der Waals surface area contributed by atoms with Crippen molar-refractivity contribution in [3.05, 3.63) is 22.7 Å². The van der Waals surface area contributed by atoms with Crippen LogP contribution in [0, 0.1) is 5.92 Å². The molecule has 0 radical (unpaired) electrons. The lowest BCUT2D eigenvalue weighted by molar-refractivity contribution is 0.263. The van der Waals surface area contributed by atoms with E-state index in [0.717, 1.165) is 23.5 Å². The Morgan fingerprint density at radius 2 is 1.78 bits per heavy atom. The van der Waals surface area contributed by atoms with E-state index in [1.54, 1.807) is 0 Å². The van der Waals surface area contributed by atoms with Gasteiger partial charge < -0.3 is 15.2 Å². The molecule has 98 valence electrons. The summed E-state index contributed by atoms with van der Waals surface area (Å²) in [6.07, 6.45) is 4.58. The molecule has 18 heavy (non-hydrogen) atoms. The van der Waals surface area contributed by atoms with Gasteiger partial charge in [-0.1, -0.05) is 18.0 Å². The third-order valence-electron chi connectivity index (χ3n) is 3.88. The lowest BCUT2D eigenvalue weighted by Crippen LogP contribution is -2.27. The van der Waals surface area contributed by atoms with Gasteiger partial charge in [-0.2, -0.15) is 0 Å². The number of benzene rings is 1. The Balaban J connectivity index is 1.92. The van der Waals surface area contributed by atoms with E-state index in [1.807, 2.05) is 12.1 Å². The van der Waals surface area contributed by atoms with E-state index >= 15 is 0 Å². The molecule has 3 rings (SSSR count). The zero-order valence-corrected chi connectivity index (χ0v) is 11.1. The third kappa shape index (κ3) is 2.17. The average molecular weight is 268 g/mol. The second-order valence-electron chi connectivity index (χ2n) is 5.09. The van der Waals surface area contributed by atoms with Crippen LogP contribution in [0.3, 0.4) is 0 Å². The second-order valence-corrected chi connectivity index (χ2v) is 5.49. The summed E-state index contributed by atoms with van der Waals surface area (Å²) in [6.45, 7) is 1.37. The van der Waals surface area contributed by atoms with Gasteiger partial charge in [-0.05, 0) is 30.4 Å². The Morgan fingerprint density at radius 3 is 2.39 bits per heavy atom. The summed E-state index contributed by atoms with van der Waals surface area (Å²) in [5.41, 5.74) is 7.28. The van der Waals surface area contributed by atoms with Crippen molar-refractivity contribution in [3.8, 4) is 11.5 Å². The highest BCUT2D eigenvalue weighted by molar-refractivity contribution is 6.31. The predicted octanol–water partition coefficient (Wildman–Crippen LogP) is 3.30. The molecule has 1 aliphatic heterocycles. The van der Waals surface area contributed by atoms with E-state index in [4.69, 9.17) is 26.8 Å². The Morgan fingerprint density at radius 1 is 1.11 bits per heavy atom. The first-order chi connectivity index (χ1) is 8.75. The molecule has 2 N–H and O–H groups in total. The van der Waals surface area contributed by atoms with Crippen LogP contribution >= 0.6 is 11.6 Å². The fourth-order valence-corrected chi connectivity index (χ4v) is 2.79. The third-order valence-corrected chi connectivity index (χ3v) is 4.21. The van der Waals surface area contributed by atoms with Gasteiger partial charge in [0, 0.05) is 23.6 Å². The summed E-state index contributed by atoms with van der Waals surface area (Å²) >= 11 is 6.32. The smallest absolute Gasteiger partial charge is 0.162 e. The van der Waals surface area contributed by atoms with Crippen molar-refractivity contribution in [2.75, 3.05) is 13.2 Å². The van der Waals surface area contributed by atoms with Gasteiger partial charge in [-0.15, -0.1) is 0 Å². The highest BCUT2D eigenvalue weighted by Crippen LogP contribution is 2.42. The van der Waals surface area contributed by atoms with Crippen LogP contribution in [0.2, 0.25) is 5.02 Å². The number of nitrogens with two attached hydrogens (primary N) is 1. The fraction of sp³-hybridized carbons (Fsp3) is 0.571. The van der Waals surface area contributed by atoms with Gasteiger partial charge in [0.2, 0.25) is 0 Å². The number of hydrogen-bond donors (Lipinski definition) is 1. The molecule has 0 spiro atoms. The van der Waals surface area contributed by atoms with Crippen molar-refractivity contribution in [3.63, 3.8) is 0 Å². The SMILES string of the molecule is NC(c1cc2c(cc1Cl)OCCCO2)C1CCC1. The fourth-order valence-electron chi connectivity index (χ4n) is 2.51. The molecule has 1 saturated carbocycles. The number of fused-ring (bicyclic) bond motifs is 1. The van der Waals surface area contributed by atoms with Gasteiger partial charge in [-0.3, -0.25) is 0 Å². The summed E-state index contributed by atoms with van der Waals surface area (Å²) in [6, 6.07) is 3.82. The molecular formula is C14H18ClNO2. The number of halogens is 1. The maximum Gasteiger partial charge on any atom is 0.162 e. The van der Waals surface area contributed by atoms with Gasteiger partial charge in [0.25, 0.3) is 0 Å². The van der Waals surface area contributed by atoms with Crippen molar-refractivity contribution in [2.24, 2.45) is 11.7 Å². The molecular weight excluding hydrogens is 250 g/mol. The van der Waals surface area contributed by atoms with Gasteiger partial charge in [0.05, 0.1) is 13.2 Å². The quantitative estimate of drug-likeness (QED) is 0.894. The van der Waals surface area contributed by atoms with Crippen molar-refractivity contribution >= 4 is 11.6 Å². The van der Waals surface area contributed by atoms with E-state index < -0.39 is 0 Å². The normalized spacial score (nSPS) is 21.0. The van der Waals surface area contributed by atoms with Crippen molar-refractivity contribution in [2.45, 2.75) is 31.7 Å². The second kappa shape index (κ2) is 4.98. The van der Waals surface area contributed by atoms with E-state index in [0.29, 0.717) is 24.2 Å². The first kappa shape index (κ1) is 12.1. The topological polar surface area (TPSA) is 44.5 Å². The zero-order chi connectivity index (χ0) is 12.5. The largest absolute Gasteiger partial charge is 0.490 e. The molecule has 1 aromatic carbocycles. The molecule has 1 heterocycles. The Kier molecular flexibility index (Phi) is 3.35. The number of hydrogen-bond acceptors (Lipinski definition) is 3. The first-order valence-electron chi connectivity index (χ1n) is 6.60. The van der Waals surface area contributed by atoms with Gasteiger partial charge in [0.15, 0.2) is 11.5 Å². The minimum atomic E-state index is 0.0170. The number of rotatable bonds is 2. The van der Waals surface area contributed by atoms with E-state index in [9.17, 15) is 0 Å². The molecule has 1 fully saturated rings. The summed E-state index contributed by atoms with van der Waals surface area (Å²) in [7, 11) is 0. The van der Waals surface area contributed by atoms with Crippen LogP contribution in [0.5, 0.6) is 11.5 Å². The molecule has 1 aromatic rings. The zero-order valence-electron chi connectivity index (χ0n) is 10.3. The molecule has 1 atom stereocenters. The summed E-state index contributed by atoms with van der Waals surface area (Å²) in [5, 5.41) is 0.693. The monoisotopic (exact) mass is 267 g/mol. The van der Waals surface area contributed by atoms with Crippen LogP contribution < -0.4 is 15.2 Å². The highest BCUT2D eigenvalue weighted by Gasteiger charge is 2.28. The maximum atomic E-state index is 6.32. The summed E-state index contributed by atoms with van der Waals surface area (Å²) in [5.74, 6) is 2.08. The summed E-state index contributed by atoms with van der Waals surface area (Å²) in [4.78, 5) is 0. The minimum Gasteiger partial charge on any atom is -0.490 e. The van der Waals surface area contributed by atoms with Crippen LogP contribution in [0.4, 0.5) is 0 Å². The number of ether oxygens (including phenoxy) is 2. The predicted molar refractivity (Wildman–Crippen MR) is 71.3 cm³/mol. The first-order valence-corrected chi connectivity index (χ1v) is 6.98. The van der Waals surface area contributed by atoms with Crippen LogP contribution in [-0.2, 0) is 0 Å². The van der Waals surface area contributed by atoms with Crippen LogP contribution in [0.15, 0.2) is 12.1 Å². The van der Waals surface area contributed by atoms with Crippen LogP contribution in [0.25, 0.3) is 0 Å². The molecule has 4 heteroatoms. The molecule has 1 aliphatic carbocycles. The van der Waals surface area contributed by atoms with Crippen LogP contribution in [0.1, 0.15) is 37.3 Å². The van der Waals surface area contributed by atoms with Crippen LogP contribution in [-0.4, -0.2) is 13.2 Å². The molecule has 3 nitrogen and oxygen atoms in total. The lowest BCUT2D eigenvalue weighted by atomic mass is 9.77. The average Bonchev–Trinajstić information content (AvgIpc) is 2.50. The van der Waals surface area contributed by atoms with Gasteiger partial charge in [0.1, 0.15) is 0 Å². The van der Waals surface area contributed by atoms with Crippen molar-refractivity contribution < 1.29 is 9.47 Å². The molecule has 1 unspecified atom stereocenters. The molecule has 0 amide bonds. The Labute approximate surface area is 112 Å². The molecule has 0 saturated heterocycles. The Hall–Kier alpha value is -0.930. The molecule has 0 bridgehead atoms.